The van der Waals surface area contributed by atoms with Crippen LogP contribution in [0.3, 0.4) is 0 Å². The largest absolute Gasteiger partial charge is 0.369 e. The Morgan fingerprint density at radius 3 is 2.95 bits per heavy atom. The van der Waals surface area contributed by atoms with Crippen molar-refractivity contribution in [3.8, 4) is 0 Å². The van der Waals surface area contributed by atoms with Crippen LogP contribution in [-0.4, -0.2) is 9.55 Å². The second-order valence-electron chi connectivity index (χ2n) is 5.52. The van der Waals surface area contributed by atoms with Crippen molar-refractivity contribution >= 4 is 28.6 Å². The van der Waals surface area contributed by atoms with Crippen LogP contribution < -0.4 is 5.73 Å². The third kappa shape index (κ3) is 2.18. The van der Waals surface area contributed by atoms with Crippen molar-refractivity contribution in [3.63, 3.8) is 0 Å². The lowest BCUT2D eigenvalue weighted by Gasteiger charge is -2.28. The molecule has 19 heavy (non-hydrogen) atoms. The molecule has 1 aliphatic carbocycles. The summed E-state index contributed by atoms with van der Waals surface area (Å²) >= 11 is 5.88. The number of nitrogens with zero attached hydrogens (tertiary/aromatic N) is 2. The number of benzene rings is 1. The van der Waals surface area contributed by atoms with E-state index in [1.54, 1.807) is 6.07 Å². The summed E-state index contributed by atoms with van der Waals surface area (Å²) in [5, 5.41) is 0.123. The number of fused-ring (bicyclic) bond motifs is 1. The van der Waals surface area contributed by atoms with Gasteiger partial charge in [0.1, 0.15) is 5.82 Å². The number of halogens is 2. The number of nitrogen functional groups attached to an aromatic ring is 1. The summed E-state index contributed by atoms with van der Waals surface area (Å²) < 4.78 is 15.5. The molecule has 1 aromatic heterocycles. The van der Waals surface area contributed by atoms with Crippen LogP contribution in [0, 0.1) is 11.7 Å². The lowest BCUT2D eigenvalue weighted by Crippen LogP contribution is -2.19. The van der Waals surface area contributed by atoms with E-state index in [9.17, 15) is 4.39 Å². The third-order valence-corrected chi connectivity index (χ3v) is 4.32. The molecule has 1 aliphatic rings. The molecular weight excluding hydrogens is 265 g/mol. The number of hydrogen-bond acceptors (Lipinski definition) is 2. The quantitative estimate of drug-likeness (QED) is 0.853. The fourth-order valence-electron chi connectivity index (χ4n) is 3.13. The van der Waals surface area contributed by atoms with Crippen molar-refractivity contribution in [1.29, 1.82) is 0 Å². The normalized spacial score (nSPS) is 23.9. The molecule has 1 saturated carbocycles. The predicted octanol–water partition coefficient (Wildman–Crippen LogP) is 4.16. The summed E-state index contributed by atoms with van der Waals surface area (Å²) in [6.45, 7) is 2.26. The fraction of sp³-hybridized carbons (Fsp3) is 0.500. The maximum absolute atomic E-state index is 13.5. The minimum atomic E-state index is -0.448. The molecule has 0 aliphatic heterocycles. The molecule has 3 nitrogen and oxygen atoms in total. The van der Waals surface area contributed by atoms with Crippen molar-refractivity contribution < 1.29 is 4.39 Å². The molecule has 2 N–H and O–H groups in total. The Labute approximate surface area is 116 Å². The molecule has 0 radical (unpaired) electrons. The van der Waals surface area contributed by atoms with E-state index in [1.807, 2.05) is 4.57 Å². The number of nitrogens with two attached hydrogens (primary N) is 1. The zero-order chi connectivity index (χ0) is 13.6. The van der Waals surface area contributed by atoms with Crippen LogP contribution in [0.25, 0.3) is 11.0 Å². The molecular formula is C14H17ClFN3. The highest BCUT2D eigenvalue weighted by Gasteiger charge is 2.24. The van der Waals surface area contributed by atoms with E-state index in [1.165, 1.54) is 18.9 Å². The van der Waals surface area contributed by atoms with Gasteiger partial charge in [0.05, 0.1) is 16.1 Å². The smallest absolute Gasteiger partial charge is 0.201 e. The van der Waals surface area contributed by atoms with Gasteiger partial charge in [0, 0.05) is 12.1 Å². The number of aromatic nitrogens is 2. The molecule has 3 rings (SSSR count). The Kier molecular flexibility index (Phi) is 3.13. The fourth-order valence-corrected chi connectivity index (χ4v) is 3.29. The summed E-state index contributed by atoms with van der Waals surface area (Å²) in [4.78, 5) is 4.26. The summed E-state index contributed by atoms with van der Waals surface area (Å²) in [6.07, 6.45) is 4.64. The summed E-state index contributed by atoms with van der Waals surface area (Å²) in [7, 11) is 0. The van der Waals surface area contributed by atoms with Gasteiger partial charge in [-0.2, -0.15) is 0 Å². The van der Waals surface area contributed by atoms with E-state index in [4.69, 9.17) is 17.3 Å². The Balaban J connectivity index is 2.12. The van der Waals surface area contributed by atoms with E-state index < -0.39 is 5.82 Å². The molecule has 0 spiro atoms. The van der Waals surface area contributed by atoms with Gasteiger partial charge in [-0.25, -0.2) is 9.37 Å². The lowest BCUT2D eigenvalue weighted by molar-refractivity contribution is 0.289. The third-order valence-electron chi connectivity index (χ3n) is 4.03. The lowest BCUT2D eigenvalue weighted by atomic mass is 9.87. The maximum atomic E-state index is 13.5. The van der Waals surface area contributed by atoms with Crippen LogP contribution in [0.5, 0.6) is 0 Å². The molecule has 0 amide bonds. The van der Waals surface area contributed by atoms with Crippen LogP contribution in [0.15, 0.2) is 12.1 Å². The van der Waals surface area contributed by atoms with Gasteiger partial charge in [-0.1, -0.05) is 31.4 Å². The number of imidazole rings is 1. The van der Waals surface area contributed by atoms with Gasteiger partial charge in [0.25, 0.3) is 0 Å². The van der Waals surface area contributed by atoms with Gasteiger partial charge in [-0.3, -0.25) is 0 Å². The molecule has 1 aromatic carbocycles. The topological polar surface area (TPSA) is 43.8 Å². The average molecular weight is 282 g/mol. The monoisotopic (exact) mass is 281 g/mol. The van der Waals surface area contributed by atoms with Crippen LogP contribution in [-0.2, 0) is 0 Å². The maximum Gasteiger partial charge on any atom is 0.201 e. The Morgan fingerprint density at radius 1 is 1.42 bits per heavy atom. The van der Waals surface area contributed by atoms with Gasteiger partial charge >= 0.3 is 0 Å². The van der Waals surface area contributed by atoms with Gasteiger partial charge in [0.15, 0.2) is 0 Å². The molecule has 2 unspecified atom stereocenters. The zero-order valence-corrected chi connectivity index (χ0v) is 11.6. The second-order valence-corrected chi connectivity index (χ2v) is 5.93. The number of rotatable bonds is 1. The SMILES string of the molecule is CC1CCCC(n2c(N)nc3cc(F)c(Cl)cc32)C1. The summed E-state index contributed by atoms with van der Waals surface area (Å²) in [5.74, 6) is 0.693. The predicted molar refractivity (Wildman–Crippen MR) is 75.8 cm³/mol. The van der Waals surface area contributed by atoms with E-state index in [0.717, 1.165) is 18.4 Å². The Bertz CT molecular complexity index is 623. The van der Waals surface area contributed by atoms with E-state index in [2.05, 4.69) is 11.9 Å². The van der Waals surface area contributed by atoms with Gasteiger partial charge < -0.3 is 10.3 Å². The Morgan fingerprint density at radius 2 is 2.21 bits per heavy atom. The zero-order valence-electron chi connectivity index (χ0n) is 10.9. The van der Waals surface area contributed by atoms with E-state index >= 15 is 0 Å². The summed E-state index contributed by atoms with van der Waals surface area (Å²) in [5.41, 5.74) is 7.43. The molecule has 1 heterocycles. The minimum absolute atomic E-state index is 0.123. The highest BCUT2D eigenvalue weighted by molar-refractivity contribution is 6.31. The van der Waals surface area contributed by atoms with Crippen LogP contribution >= 0.6 is 11.6 Å². The van der Waals surface area contributed by atoms with Gasteiger partial charge in [-0.05, 0) is 24.8 Å². The molecule has 0 saturated heterocycles. The minimum Gasteiger partial charge on any atom is -0.369 e. The molecule has 2 atom stereocenters. The highest BCUT2D eigenvalue weighted by Crippen LogP contribution is 2.36. The first-order valence-corrected chi connectivity index (χ1v) is 7.06. The molecule has 102 valence electrons. The van der Waals surface area contributed by atoms with Crippen molar-refractivity contribution in [2.75, 3.05) is 5.73 Å². The van der Waals surface area contributed by atoms with Crippen molar-refractivity contribution in [1.82, 2.24) is 9.55 Å². The van der Waals surface area contributed by atoms with E-state index in [-0.39, 0.29) is 5.02 Å². The molecule has 2 aromatic rings. The average Bonchev–Trinajstić information content (AvgIpc) is 2.65. The molecule has 0 bridgehead atoms. The van der Waals surface area contributed by atoms with Crippen molar-refractivity contribution in [3.05, 3.63) is 23.0 Å². The summed E-state index contributed by atoms with van der Waals surface area (Å²) in [6, 6.07) is 3.33. The standard InChI is InChI=1S/C14H17ClFN3/c1-8-3-2-4-9(5-8)19-13-6-10(15)11(16)7-12(13)18-14(19)17/h6-9H,2-5H2,1H3,(H2,17,18). The van der Waals surface area contributed by atoms with Crippen molar-refractivity contribution in [2.24, 2.45) is 5.92 Å². The first-order chi connectivity index (χ1) is 9.06. The first kappa shape index (κ1) is 12.7. The number of hydrogen-bond donors (Lipinski definition) is 1. The Hall–Kier alpha value is -1.29. The number of anilines is 1. The first-order valence-electron chi connectivity index (χ1n) is 6.68. The van der Waals surface area contributed by atoms with Crippen LogP contribution in [0.1, 0.15) is 38.6 Å². The van der Waals surface area contributed by atoms with E-state index in [0.29, 0.717) is 23.4 Å². The van der Waals surface area contributed by atoms with Gasteiger partial charge in [0.2, 0.25) is 5.95 Å². The van der Waals surface area contributed by atoms with Crippen LogP contribution in [0.4, 0.5) is 10.3 Å². The van der Waals surface area contributed by atoms with Gasteiger partial charge in [-0.15, -0.1) is 0 Å². The van der Waals surface area contributed by atoms with Crippen molar-refractivity contribution in [2.45, 2.75) is 38.6 Å². The van der Waals surface area contributed by atoms with Crippen LogP contribution in [0.2, 0.25) is 5.02 Å². The highest BCUT2D eigenvalue weighted by atomic mass is 35.5. The molecule has 5 heteroatoms. The molecule has 1 fully saturated rings. The second kappa shape index (κ2) is 4.67.